The number of hydrogen-bond donors (Lipinski definition) is 1. The molecular formula is C14H16N6. The van der Waals surface area contributed by atoms with Crippen LogP contribution in [-0.2, 0) is 12.8 Å². The summed E-state index contributed by atoms with van der Waals surface area (Å²) in [7, 11) is 0. The number of aromatic nitrogens is 4. The summed E-state index contributed by atoms with van der Waals surface area (Å²) in [6.07, 6.45) is 4.56. The molecule has 1 atom stereocenters. The summed E-state index contributed by atoms with van der Waals surface area (Å²) in [5, 5.41) is 13.0. The third-order valence-electron chi connectivity index (χ3n) is 3.83. The Kier molecular flexibility index (Phi) is 2.90. The van der Waals surface area contributed by atoms with Gasteiger partial charge < -0.3 is 5.73 Å². The summed E-state index contributed by atoms with van der Waals surface area (Å²) < 4.78 is 1.43. The van der Waals surface area contributed by atoms with Crippen molar-refractivity contribution in [3.05, 3.63) is 28.7 Å². The minimum Gasteiger partial charge on any atom is -0.382 e. The number of fused-ring (bicyclic) bond motifs is 1. The van der Waals surface area contributed by atoms with Crippen molar-refractivity contribution < 1.29 is 0 Å². The summed E-state index contributed by atoms with van der Waals surface area (Å²) >= 11 is 0. The van der Waals surface area contributed by atoms with Crippen LogP contribution in [0.5, 0.6) is 0 Å². The fourth-order valence-corrected chi connectivity index (χ4v) is 2.64. The predicted molar refractivity (Wildman–Crippen MR) is 74.2 cm³/mol. The number of aryl methyl sites for hydroxylation is 2. The summed E-state index contributed by atoms with van der Waals surface area (Å²) in [5.41, 5.74) is 9.55. The normalized spacial score (nSPS) is 17.6. The van der Waals surface area contributed by atoms with Crippen molar-refractivity contribution >= 4 is 5.82 Å². The van der Waals surface area contributed by atoms with Gasteiger partial charge in [0.25, 0.3) is 5.95 Å². The van der Waals surface area contributed by atoms with Gasteiger partial charge in [0.1, 0.15) is 17.5 Å². The molecule has 20 heavy (non-hydrogen) atoms. The zero-order valence-electron chi connectivity index (χ0n) is 11.6. The lowest BCUT2D eigenvalue weighted by Gasteiger charge is -2.22. The smallest absolute Gasteiger partial charge is 0.252 e. The van der Waals surface area contributed by atoms with Crippen molar-refractivity contribution in [1.82, 2.24) is 19.7 Å². The lowest BCUT2D eigenvalue weighted by atomic mass is 9.87. The highest BCUT2D eigenvalue weighted by Gasteiger charge is 2.21. The molecule has 0 spiro atoms. The Bertz CT molecular complexity index is 709. The molecule has 0 saturated heterocycles. The Labute approximate surface area is 117 Å². The second-order valence-corrected chi connectivity index (χ2v) is 5.35. The second-order valence-electron chi connectivity index (χ2n) is 5.35. The van der Waals surface area contributed by atoms with Gasteiger partial charge in [-0.2, -0.15) is 15.0 Å². The molecule has 2 aromatic heterocycles. The van der Waals surface area contributed by atoms with Crippen LogP contribution in [0.3, 0.4) is 0 Å². The molecule has 0 bridgehead atoms. The van der Waals surface area contributed by atoms with Gasteiger partial charge in [-0.3, -0.25) is 0 Å². The van der Waals surface area contributed by atoms with Gasteiger partial charge in [-0.05, 0) is 37.7 Å². The fraction of sp³-hybridized carbons (Fsp3) is 0.429. The predicted octanol–water partition coefficient (Wildman–Crippen LogP) is 1.55. The fourth-order valence-electron chi connectivity index (χ4n) is 2.64. The molecule has 6 nitrogen and oxygen atoms in total. The van der Waals surface area contributed by atoms with Crippen molar-refractivity contribution in [2.45, 2.75) is 33.1 Å². The van der Waals surface area contributed by atoms with Crippen molar-refractivity contribution in [1.29, 1.82) is 5.26 Å². The second kappa shape index (κ2) is 4.60. The maximum atomic E-state index is 8.93. The number of rotatable bonds is 1. The van der Waals surface area contributed by atoms with Gasteiger partial charge in [0.2, 0.25) is 0 Å². The van der Waals surface area contributed by atoms with Crippen LogP contribution in [0.1, 0.15) is 35.9 Å². The molecule has 2 aromatic rings. The highest BCUT2D eigenvalue weighted by atomic mass is 15.4. The third-order valence-corrected chi connectivity index (χ3v) is 3.83. The molecule has 0 radical (unpaired) electrons. The van der Waals surface area contributed by atoms with Crippen LogP contribution in [0.4, 0.5) is 5.82 Å². The first-order valence-electron chi connectivity index (χ1n) is 6.70. The zero-order valence-corrected chi connectivity index (χ0v) is 11.6. The Balaban J connectivity index is 2.10. The van der Waals surface area contributed by atoms with E-state index in [1.807, 2.05) is 13.0 Å². The molecule has 1 aliphatic carbocycles. The van der Waals surface area contributed by atoms with Crippen molar-refractivity contribution in [2.75, 3.05) is 5.73 Å². The van der Waals surface area contributed by atoms with Crippen molar-refractivity contribution in [3.8, 4) is 12.0 Å². The first-order valence-corrected chi connectivity index (χ1v) is 6.70. The standard InChI is InChI=1S/C14H16N6/c1-8-3-4-12-11(5-8)9(2)18-14(19-12)20-13(16)10(6-15)7-17-20/h7-8H,3-5,16H2,1-2H3. The Hall–Kier alpha value is -2.42. The average Bonchev–Trinajstić information content (AvgIpc) is 2.80. The minimum absolute atomic E-state index is 0.288. The van der Waals surface area contributed by atoms with Gasteiger partial charge in [-0.25, -0.2) is 9.97 Å². The average molecular weight is 268 g/mol. The quantitative estimate of drug-likeness (QED) is 0.846. The van der Waals surface area contributed by atoms with E-state index in [2.05, 4.69) is 22.0 Å². The number of anilines is 1. The number of nitrogen functional groups attached to an aromatic ring is 1. The molecule has 3 rings (SSSR count). The van der Waals surface area contributed by atoms with Crippen molar-refractivity contribution in [3.63, 3.8) is 0 Å². The lowest BCUT2D eigenvalue weighted by molar-refractivity contribution is 0.488. The van der Waals surface area contributed by atoms with E-state index in [1.165, 1.54) is 16.4 Å². The monoisotopic (exact) mass is 268 g/mol. The van der Waals surface area contributed by atoms with E-state index < -0.39 is 0 Å². The Morgan fingerprint density at radius 2 is 2.25 bits per heavy atom. The number of nitrogens with two attached hydrogens (primary N) is 1. The number of hydrogen-bond acceptors (Lipinski definition) is 5. The molecule has 6 heteroatoms. The summed E-state index contributed by atoms with van der Waals surface area (Å²) in [6, 6.07) is 2.00. The third kappa shape index (κ3) is 1.92. The van der Waals surface area contributed by atoms with Crippen molar-refractivity contribution in [2.24, 2.45) is 5.92 Å². The SMILES string of the molecule is Cc1nc(-n2ncc(C#N)c2N)nc2c1CC(C)CC2. The first-order chi connectivity index (χ1) is 9.60. The zero-order chi connectivity index (χ0) is 14.3. The van der Waals surface area contributed by atoms with E-state index in [-0.39, 0.29) is 5.82 Å². The molecule has 1 aliphatic rings. The van der Waals surface area contributed by atoms with Crippen LogP contribution in [-0.4, -0.2) is 19.7 Å². The maximum Gasteiger partial charge on any atom is 0.252 e. The van der Waals surface area contributed by atoms with Crippen LogP contribution in [0.2, 0.25) is 0 Å². The van der Waals surface area contributed by atoms with Gasteiger partial charge in [-0.1, -0.05) is 6.92 Å². The van der Waals surface area contributed by atoms with Gasteiger partial charge in [0.05, 0.1) is 6.20 Å². The first kappa shape index (κ1) is 12.6. The molecule has 0 aliphatic heterocycles. The largest absolute Gasteiger partial charge is 0.382 e. The van der Waals surface area contributed by atoms with E-state index >= 15 is 0 Å². The minimum atomic E-state index is 0.288. The van der Waals surface area contributed by atoms with E-state index in [1.54, 1.807) is 0 Å². The topological polar surface area (TPSA) is 93.4 Å². The molecule has 0 fully saturated rings. The van der Waals surface area contributed by atoms with Crippen LogP contribution in [0.25, 0.3) is 5.95 Å². The molecular weight excluding hydrogens is 252 g/mol. The maximum absolute atomic E-state index is 8.93. The molecule has 2 N–H and O–H groups in total. The van der Waals surface area contributed by atoms with E-state index in [0.29, 0.717) is 17.4 Å². The van der Waals surface area contributed by atoms with Crippen LogP contribution in [0.15, 0.2) is 6.20 Å². The lowest BCUT2D eigenvalue weighted by Crippen LogP contribution is -2.18. The molecule has 1 unspecified atom stereocenters. The van der Waals surface area contributed by atoms with Gasteiger partial charge >= 0.3 is 0 Å². The van der Waals surface area contributed by atoms with Crippen LogP contribution < -0.4 is 5.73 Å². The molecule has 0 saturated carbocycles. The van der Waals surface area contributed by atoms with E-state index in [9.17, 15) is 0 Å². The van der Waals surface area contributed by atoms with Gasteiger partial charge in [0.15, 0.2) is 0 Å². The Morgan fingerprint density at radius 3 is 2.95 bits per heavy atom. The summed E-state index contributed by atoms with van der Waals surface area (Å²) in [6.45, 7) is 4.24. The highest BCUT2D eigenvalue weighted by Crippen LogP contribution is 2.26. The summed E-state index contributed by atoms with van der Waals surface area (Å²) in [4.78, 5) is 9.09. The number of nitriles is 1. The van der Waals surface area contributed by atoms with E-state index in [0.717, 1.165) is 30.7 Å². The van der Waals surface area contributed by atoms with Gasteiger partial charge in [0, 0.05) is 11.4 Å². The molecule has 0 amide bonds. The van der Waals surface area contributed by atoms with Crippen LogP contribution >= 0.6 is 0 Å². The molecule has 102 valence electrons. The molecule has 0 aromatic carbocycles. The Morgan fingerprint density at radius 1 is 1.45 bits per heavy atom. The van der Waals surface area contributed by atoms with E-state index in [4.69, 9.17) is 11.0 Å². The highest BCUT2D eigenvalue weighted by molar-refractivity contribution is 5.50. The number of nitrogens with zero attached hydrogens (tertiary/aromatic N) is 5. The van der Waals surface area contributed by atoms with Crippen LogP contribution in [0, 0.1) is 24.2 Å². The van der Waals surface area contributed by atoms with Gasteiger partial charge in [-0.15, -0.1) is 0 Å². The molecule has 2 heterocycles. The summed E-state index contributed by atoms with van der Waals surface area (Å²) in [5.74, 6) is 1.42.